The van der Waals surface area contributed by atoms with Crippen LogP contribution in [-0.4, -0.2) is 38.2 Å². The molecule has 0 bridgehead atoms. The standard InChI is InChI=1S/C22H21N5O2/c1-25-22(29)27(19-10-3-2-4-11-19)20(24-25)18-9-6-12-26(15-18)21(28)17-8-5-7-16(13-17)14-23/h2-5,7-8,10-11,13,18H,6,9,12,15H2,1H3. The van der Waals surface area contributed by atoms with E-state index in [0.717, 1.165) is 18.5 Å². The summed E-state index contributed by atoms with van der Waals surface area (Å²) in [4.78, 5) is 27.5. The molecule has 1 aromatic heterocycles. The van der Waals surface area contributed by atoms with E-state index < -0.39 is 0 Å². The molecule has 7 nitrogen and oxygen atoms in total. The fraction of sp³-hybridized carbons (Fsp3) is 0.273. The molecule has 1 aliphatic rings. The van der Waals surface area contributed by atoms with E-state index in [9.17, 15) is 9.59 Å². The van der Waals surface area contributed by atoms with E-state index in [1.807, 2.05) is 30.3 Å². The Bertz CT molecular complexity index is 1140. The largest absolute Gasteiger partial charge is 0.350 e. The summed E-state index contributed by atoms with van der Waals surface area (Å²) < 4.78 is 2.98. The van der Waals surface area contributed by atoms with Crippen LogP contribution in [0.15, 0.2) is 59.4 Å². The number of carbonyl (C=O) groups is 1. The van der Waals surface area contributed by atoms with E-state index in [1.54, 1.807) is 40.8 Å². The lowest BCUT2D eigenvalue weighted by molar-refractivity contribution is 0.0703. The zero-order valence-corrected chi connectivity index (χ0v) is 16.2. The van der Waals surface area contributed by atoms with E-state index >= 15 is 0 Å². The number of benzene rings is 2. The number of para-hydroxylation sites is 1. The second-order valence-corrected chi connectivity index (χ2v) is 7.22. The number of rotatable bonds is 3. The van der Waals surface area contributed by atoms with Gasteiger partial charge in [0.15, 0.2) is 0 Å². The van der Waals surface area contributed by atoms with E-state index in [1.165, 1.54) is 4.68 Å². The van der Waals surface area contributed by atoms with Crippen molar-refractivity contribution in [2.24, 2.45) is 7.05 Å². The van der Waals surface area contributed by atoms with Crippen LogP contribution >= 0.6 is 0 Å². The van der Waals surface area contributed by atoms with Crippen molar-refractivity contribution in [1.82, 2.24) is 19.2 Å². The van der Waals surface area contributed by atoms with E-state index in [2.05, 4.69) is 11.2 Å². The molecular weight excluding hydrogens is 366 g/mol. The second kappa shape index (κ2) is 7.76. The van der Waals surface area contributed by atoms with Crippen molar-refractivity contribution in [2.45, 2.75) is 18.8 Å². The Kier molecular flexibility index (Phi) is 5.00. The average molecular weight is 387 g/mol. The van der Waals surface area contributed by atoms with E-state index in [0.29, 0.717) is 30.0 Å². The molecule has 0 radical (unpaired) electrons. The van der Waals surface area contributed by atoms with Gasteiger partial charge in [0, 0.05) is 31.6 Å². The van der Waals surface area contributed by atoms with Crippen molar-refractivity contribution >= 4 is 5.91 Å². The first-order valence-electron chi connectivity index (χ1n) is 9.59. The van der Waals surface area contributed by atoms with E-state index in [-0.39, 0.29) is 17.5 Å². The maximum absolute atomic E-state index is 13.0. The van der Waals surface area contributed by atoms with Crippen molar-refractivity contribution < 1.29 is 4.79 Å². The van der Waals surface area contributed by atoms with Gasteiger partial charge in [-0.05, 0) is 43.2 Å². The fourth-order valence-electron chi connectivity index (χ4n) is 3.84. The van der Waals surface area contributed by atoms with Gasteiger partial charge in [0.05, 0.1) is 17.3 Å². The number of hydrogen-bond acceptors (Lipinski definition) is 4. The first-order chi connectivity index (χ1) is 14.1. The van der Waals surface area contributed by atoms with Gasteiger partial charge in [0.2, 0.25) is 0 Å². The third-order valence-corrected chi connectivity index (χ3v) is 5.28. The first-order valence-corrected chi connectivity index (χ1v) is 9.59. The number of nitrogens with zero attached hydrogens (tertiary/aromatic N) is 5. The highest BCUT2D eigenvalue weighted by Crippen LogP contribution is 2.27. The molecule has 1 unspecified atom stereocenters. The van der Waals surface area contributed by atoms with Crippen LogP contribution in [0.5, 0.6) is 0 Å². The topological polar surface area (TPSA) is 83.9 Å². The van der Waals surface area contributed by atoms with Crippen LogP contribution < -0.4 is 5.69 Å². The van der Waals surface area contributed by atoms with Gasteiger partial charge in [-0.25, -0.2) is 14.0 Å². The van der Waals surface area contributed by atoms with Gasteiger partial charge in [-0.3, -0.25) is 4.79 Å². The number of nitriles is 1. The van der Waals surface area contributed by atoms with Gasteiger partial charge in [0.1, 0.15) is 5.82 Å². The summed E-state index contributed by atoms with van der Waals surface area (Å²) >= 11 is 0. The predicted octanol–water partition coefficient (Wildman–Crippen LogP) is 2.46. The van der Waals surface area contributed by atoms with Gasteiger partial charge >= 0.3 is 5.69 Å². The number of carbonyl (C=O) groups excluding carboxylic acids is 1. The zero-order chi connectivity index (χ0) is 20.4. The van der Waals surface area contributed by atoms with Gasteiger partial charge < -0.3 is 4.90 Å². The molecule has 1 fully saturated rings. The summed E-state index contributed by atoms with van der Waals surface area (Å²) in [5.41, 5.74) is 1.54. The highest BCUT2D eigenvalue weighted by atomic mass is 16.2. The summed E-state index contributed by atoms with van der Waals surface area (Å²) in [6, 6.07) is 18.3. The maximum atomic E-state index is 13.0. The molecule has 29 heavy (non-hydrogen) atoms. The van der Waals surface area contributed by atoms with Gasteiger partial charge in [-0.1, -0.05) is 24.3 Å². The predicted molar refractivity (Wildman–Crippen MR) is 108 cm³/mol. The molecule has 1 saturated heterocycles. The van der Waals surface area contributed by atoms with Crippen molar-refractivity contribution in [2.75, 3.05) is 13.1 Å². The normalized spacial score (nSPS) is 16.4. The highest BCUT2D eigenvalue weighted by molar-refractivity contribution is 5.94. The minimum atomic E-state index is -0.198. The summed E-state index contributed by atoms with van der Waals surface area (Å²) in [6.07, 6.45) is 1.68. The highest BCUT2D eigenvalue weighted by Gasteiger charge is 2.30. The van der Waals surface area contributed by atoms with Crippen LogP contribution in [0.3, 0.4) is 0 Å². The lowest BCUT2D eigenvalue weighted by atomic mass is 9.96. The van der Waals surface area contributed by atoms with Crippen LogP contribution in [0, 0.1) is 11.3 Å². The summed E-state index contributed by atoms with van der Waals surface area (Å²) in [5, 5.41) is 13.6. The summed E-state index contributed by atoms with van der Waals surface area (Å²) in [5.74, 6) is 0.532. The molecule has 2 aromatic carbocycles. The monoisotopic (exact) mass is 387 g/mol. The molecule has 0 saturated carbocycles. The number of likely N-dealkylation sites (tertiary alicyclic amines) is 1. The second-order valence-electron chi connectivity index (χ2n) is 7.22. The average Bonchev–Trinajstić information content (AvgIpc) is 3.08. The third kappa shape index (κ3) is 3.57. The molecule has 0 spiro atoms. The van der Waals surface area contributed by atoms with Crippen molar-refractivity contribution in [3.8, 4) is 11.8 Å². The SMILES string of the molecule is Cn1nc(C2CCCN(C(=O)c3cccc(C#N)c3)C2)n(-c2ccccc2)c1=O. The number of piperidine rings is 1. The van der Waals surface area contributed by atoms with Crippen LogP contribution in [0.25, 0.3) is 5.69 Å². The summed E-state index contributed by atoms with van der Waals surface area (Å²) in [7, 11) is 1.64. The van der Waals surface area contributed by atoms with Gasteiger partial charge in [-0.15, -0.1) is 0 Å². The molecule has 2 heterocycles. The number of aryl methyl sites for hydroxylation is 1. The molecular formula is C22H21N5O2. The van der Waals surface area contributed by atoms with Gasteiger partial charge in [0.25, 0.3) is 5.91 Å². The molecule has 7 heteroatoms. The Balaban J connectivity index is 1.64. The Morgan fingerprint density at radius 1 is 1.17 bits per heavy atom. The lowest BCUT2D eigenvalue weighted by Gasteiger charge is -2.32. The zero-order valence-electron chi connectivity index (χ0n) is 16.2. The Morgan fingerprint density at radius 3 is 2.72 bits per heavy atom. The van der Waals surface area contributed by atoms with Crippen molar-refractivity contribution in [1.29, 1.82) is 5.26 Å². The molecule has 0 aliphatic carbocycles. The fourth-order valence-corrected chi connectivity index (χ4v) is 3.84. The molecule has 0 N–H and O–H groups in total. The minimum Gasteiger partial charge on any atom is -0.338 e. The third-order valence-electron chi connectivity index (χ3n) is 5.28. The first kappa shape index (κ1) is 18.7. The number of amides is 1. The molecule has 1 amide bonds. The number of aromatic nitrogens is 3. The van der Waals surface area contributed by atoms with Crippen molar-refractivity contribution in [3.05, 3.63) is 82.0 Å². The van der Waals surface area contributed by atoms with Crippen LogP contribution in [0.4, 0.5) is 0 Å². The molecule has 1 atom stereocenters. The minimum absolute atomic E-state index is 0.0408. The quantitative estimate of drug-likeness (QED) is 0.691. The van der Waals surface area contributed by atoms with E-state index in [4.69, 9.17) is 5.26 Å². The molecule has 4 rings (SSSR count). The van der Waals surface area contributed by atoms with Crippen LogP contribution in [0.1, 0.15) is 40.5 Å². The molecule has 146 valence electrons. The number of hydrogen-bond donors (Lipinski definition) is 0. The van der Waals surface area contributed by atoms with Crippen LogP contribution in [0.2, 0.25) is 0 Å². The molecule has 1 aliphatic heterocycles. The molecule has 3 aromatic rings. The van der Waals surface area contributed by atoms with Crippen LogP contribution in [-0.2, 0) is 7.05 Å². The van der Waals surface area contributed by atoms with Crippen molar-refractivity contribution in [3.63, 3.8) is 0 Å². The Morgan fingerprint density at radius 2 is 1.97 bits per heavy atom. The lowest BCUT2D eigenvalue weighted by Crippen LogP contribution is -2.40. The summed E-state index contributed by atoms with van der Waals surface area (Å²) in [6.45, 7) is 1.13. The van der Waals surface area contributed by atoms with Gasteiger partial charge in [-0.2, -0.15) is 10.4 Å². The smallest absolute Gasteiger partial charge is 0.338 e. The Labute approximate surface area is 168 Å². The Hall–Kier alpha value is -3.66. The maximum Gasteiger partial charge on any atom is 0.350 e.